The van der Waals surface area contributed by atoms with Crippen molar-refractivity contribution in [1.82, 2.24) is 0 Å². The van der Waals surface area contributed by atoms with E-state index in [0.29, 0.717) is 0 Å². The van der Waals surface area contributed by atoms with Crippen LogP contribution in [0.3, 0.4) is 0 Å². The summed E-state index contributed by atoms with van der Waals surface area (Å²) in [4.78, 5) is 0. The third-order valence-corrected chi connectivity index (χ3v) is 2.12. The number of unbranched alkanes of at least 4 members (excludes halogenated alkanes) is 1. The molecule has 1 rings (SSSR count). The lowest BCUT2D eigenvalue weighted by atomic mass is 10.0. The van der Waals surface area contributed by atoms with Crippen LogP contribution >= 0.6 is 0 Å². The zero-order chi connectivity index (χ0) is 9.52. The second kappa shape index (κ2) is 5.40. The van der Waals surface area contributed by atoms with Gasteiger partial charge in [0, 0.05) is 5.57 Å². The Morgan fingerprint density at radius 3 is 2.54 bits per heavy atom. The first-order valence-electron chi connectivity index (χ1n) is 4.82. The Labute approximate surface area is 80.6 Å². The Morgan fingerprint density at radius 2 is 2.00 bits per heavy atom. The Kier molecular flexibility index (Phi) is 4.08. The molecule has 0 aliphatic heterocycles. The van der Waals surface area contributed by atoms with Crippen molar-refractivity contribution in [2.45, 2.75) is 26.2 Å². The molecule has 0 N–H and O–H groups in total. The van der Waals surface area contributed by atoms with Crippen molar-refractivity contribution in [1.29, 1.82) is 0 Å². The lowest BCUT2D eigenvalue weighted by Gasteiger charge is -2.03. The largest absolute Gasteiger partial charge is 0.125 e. The van der Waals surface area contributed by atoms with Crippen molar-refractivity contribution < 1.29 is 0 Å². The quantitative estimate of drug-likeness (QED) is 0.601. The van der Waals surface area contributed by atoms with Crippen LogP contribution in [0.2, 0.25) is 0 Å². The summed E-state index contributed by atoms with van der Waals surface area (Å²) in [6, 6.07) is 10.4. The monoisotopic (exact) mass is 172 g/mol. The Bertz CT molecular complexity index is 289. The molecular formula is C13H16. The standard InChI is InChI=1S/C13H16/c1-3-5-9-12(4-2)13-10-7-6-8-11-13/h6-8,10-11H,2-3,5,9H2,1H3. The van der Waals surface area contributed by atoms with Crippen LogP contribution < -0.4 is 0 Å². The molecule has 0 aromatic heterocycles. The maximum absolute atomic E-state index is 3.73. The van der Waals surface area contributed by atoms with E-state index in [-0.39, 0.29) is 0 Å². The van der Waals surface area contributed by atoms with E-state index >= 15 is 0 Å². The van der Waals surface area contributed by atoms with Crippen LogP contribution in [-0.4, -0.2) is 0 Å². The summed E-state index contributed by atoms with van der Waals surface area (Å²) < 4.78 is 0. The topological polar surface area (TPSA) is 0 Å². The molecule has 68 valence electrons. The van der Waals surface area contributed by atoms with Gasteiger partial charge in [-0.15, -0.1) is 5.73 Å². The van der Waals surface area contributed by atoms with Crippen molar-refractivity contribution in [3.63, 3.8) is 0 Å². The highest BCUT2D eigenvalue weighted by Crippen LogP contribution is 2.18. The van der Waals surface area contributed by atoms with E-state index in [2.05, 4.69) is 43.5 Å². The molecule has 0 aliphatic rings. The van der Waals surface area contributed by atoms with Gasteiger partial charge in [0.1, 0.15) is 0 Å². The molecule has 0 atom stereocenters. The summed E-state index contributed by atoms with van der Waals surface area (Å²) in [5, 5.41) is 0. The van der Waals surface area contributed by atoms with Crippen molar-refractivity contribution in [3.05, 3.63) is 48.2 Å². The molecule has 0 radical (unpaired) electrons. The van der Waals surface area contributed by atoms with Gasteiger partial charge in [-0.1, -0.05) is 50.3 Å². The summed E-state index contributed by atoms with van der Waals surface area (Å²) in [6.07, 6.45) is 3.52. The highest BCUT2D eigenvalue weighted by Gasteiger charge is 1.97. The summed E-state index contributed by atoms with van der Waals surface area (Å²) in [5.74, 6) is 0. The van der Waals surface area contributed by atoms with Crippen LogP contribution in [0.5, 0.6) is 0 Å². The molecule has 0 heterocycles. The van der Waals surface area contributed by atoms with Crippen LogP contribution in [0.4, 0.5) is 0 Å². The minimum Gasteiger partial charge on any atom is -0.125 e. The molecule has 0 aliphatic carbocycles. The molecule has 1 aromatic carbocycles. The molecule has 13 heavy (non-hydrogen) atoms. The first kappa shape index (κ1) is 9.83. The number of benzene rings is 1. The second-order valence-electron chi connectivity index (χ2n) is 3.12. The van der Waals surface area contributed by atoms with Gasteiger partial charge in [0.25, 0.3) is 0 Å². The predicted octanol–water partition coefficient (Wildman–Crippen LogP) is 4.05. The third-order valence-electron chi connectivity index (χ3n) is 2.12. The highest BCUT2D eigenvalue weighted by atomic mass is 14.0. The fourth-order valence-corrected chi connectivity index (χ4v) is 1.33. The van der Waals surface area contributed by atoms with Crippen molar-refractivity contribution in [2.75, 3.05) is 0 Å². The number of rotatable bonds is 4. The average Bonchev–Trinajstić information content (AvgIpc) is 2.21. The van der Waals surface area contributed by atoms with E-state index in [9.17, 15) is 0 Å². The molecule has 0 saturated heterocycles. The van der Waals surface area contributed by atoms with Gasteiger partial charge in [-0.25, -0.2) is 0 Å². The van der Waals surface area contributed by atoms with Crippen LogP contribution in [-0.2, 0) is 0 Å². The van der Waals surface area contributed by atoms with Gasteiger partial charge in [0.2, 0.25) is 0 Å². The third kappa shape index (κ3) is 2.93. The number of hydrogen-bond donors (Lipinski definition) is 0. The maximum Gasteiger partial charge on any atom is 0.000580 e. The molecule has 0 unspecified atom stereocenters. The first-order valence-corrected chi connectivity index (χ1v) is 4.82. The zero-order valence-electron chi connectivity index (χ0n) is 8.22. The normalized spacial score (nSPS) is 9.31. The SMILES string of the molecule is C=C=C(CCCC)c1ccccc1. The highest BCUT2D eigenvalue weighted by molar-refractivity contribution is 5.64. The number of allylic oxidation sites excluding steroid dienone is 1. The Balaban J connectivity index is 2.75. The van der Waals surface area contributed by atoms with Crippen molar-refractivity contribution >= 4 is 5.57 Å². The Hall–Kier alpha value is -1.26. The predicted molar refractivity (Wildman–Crippen MR) is 58.5 cm³/mol. The molecule has 0 amide bonds. The van der Waals surface area contributed by atoms with Crippen LogP contribution in [0.1, 0.15) is 31.7 Å². The minimum atomic E-state index is 1.09. The van der Waals surface area contributed by atoms with Gasteiger partial charge in [0.15, 0.2) is 0 Å². The number of hydrogen-bond acceptors (Lipinski definition) is 0. The average molecular weight is 172 g/mol. The summed E-state index contributed by atoms with van der Waals surface area (Å²) in [6.45, 7) is 5.93. The van der Waals surface area contributed by atoms with Crippen LogP contribution in [0, 0.1) is 0 Å². The van der Waals surface area contributed by atoms with Crippen LogP contribution in [0.15, 0.2) is 42.6 Å². The van der Waals surface area contributed by atoms with Crippen molar-refractivity contribution in [3.8, 4) is 0 Å². The van der Waals surface area contributed by atoms with Gasteiger partial charge < -0.3 is 0 Å². The maximum atomic E-state index is 3.73. The van der Waals surface area contributed by atoms with Gasteiger partial charge in [-0.3, -0.25) is 0 Å². The fraction of sp³-hybridized carbons (Fsp3) is 0.308. The minimum absolute atomic E-state index is 1.09. The van der Waals surface area contributed by atoms with Gasteiger partial charge in [-0.2, -0.15) is 0 Å². The molecule has 0 bridgehead atoms. The molecule has 0 heteroatoms. The van der Waals surface area contributed by atoms with E-state index in [1.807, 2.05) is 6.07 Å². The molecular weight excluding hydrogens is 156 g/mol. The molecule has 0 saturated carbocycles. The Morgan fingerprint density at radius 1 is 1.31 bits per heavy atom. The van der Waals surface area contributed by atoms with E-state index in [4.69, 9.17) is 0 Å². The smallest absolute Gasteiger partial charge is 0.000580 e. The van der Waals surface area contributed by atoms with E-state index in [0.717, 1.165) is 6.42 Å². The van der Waals surface area contributed by atoms with Gasteiger partial charge in [-0.05, 0) is 18.4 Å². The molecule has 0 spiro atoms. The molecule has 0 nitrogen and oxygen atoms in total. The summed E-state index contributed by atoms with van der Waals surface area (Å²) in [7, 11) is 0. The van der Waals surface area contributed by atoms with E-state index in [1.165, 1.54) is 24.0 Å². The van der Waals surface area contributed by atoms with Gasteiger partial charge in [0.05, 0.1) is 0 Å². The zero-order valence-corrected chi connectivity index (χ0v) is 8.22. The summed E-state index contributed by atoms with van der Waals surface area (Å²) >= 11 is 0. The fourth-order valence-electron chi connectivity index (χ4n) is 1.33. The molecule has 1 aromatic rings. The molecule has 0 fully saturated rings. The second-order valence-corrected chi connectivity index (χ2v) is 3.12. The van der Waals surface area contributed by atoms with Crippen LogP contribution in [0.25, 0.3) is 5.57 Å². The summed E-state index contributed by atoms with van der Waals surface area (Å²) in [5.41, 5.74) is 5.51. The van der Waals surface area contributed by atoms with Gasteiger partial charge >= 0.3 is 0 Å². The van der Waals surface area contributed by atoms with Crippen molar-refractivity contribution in [2.24, 2.45) is 0 Å². The lowest BCUT2D eigenvalue weighted by molar-refractivity contribution is 0.825. The van der Waals surface area contributed by atoms with E-state index in [1.54, 1.807) is 0 Å². The first-order chi connectivity index (χ1) is 6.38. The van der Waals surface area contributed by atoms with E-state index < -0.39 is 0 Å². The lowest BCUT2D eigenvalue weighted by Crippen LogP contribution is -1.82.